The van der Waals surface area contributed by atoms with Crippen LogP contribution < -0.4 is 16.0 Å². The lowest BCUT2D eigenvalue weighted by atomic mass is 10.1. The highest BCUT2D eigenvalue weighted by molar-refractivity contribution is 5.76. The second-order valence-electron chi connectivity index (χ2n) is 6.48. The smallest absolute Gasteiger partial charge is 0.221 e. The van der Waals surface area contributed by atoms with E-state index in [2.05, 4.69) is 16.0 Å². The highest BCUT2D eigenvalue weighted by Gasteiger charge is 2.17. The molecule has 1 heterocycles. The number of nitrogens with one attached hydrogen (secondary N) is 3. The minimum Gasteiger partial charge on any atom is -0.356 e. The molecule has 0 spiro atoms. The largest absolute Gasteiger partial charge is 0.356 e. The van der Waals surface area contributed by atoms with E-state index in [4.69, 9.17) is 0 Å². The molecule has 0 radical (unpaired) electrons. The van der Waals surface area contributed by atoms with Crippen molar-refractivity contribution in [2.75, 3.05) is 13.6 Å². The number of aromatic nitrogens is 1. The van der Waals surface area contributed by atoms with Crippen molar-refractivity contribution in [2.45, 2.75) is 39.4 Å². The molecule has 0 aliphatic carbocycles. The van der Waals surface area contributed by atoms with Gasteiger partial charge in [-0.15, -0.1) is 0 Å². The molecule has 0 aliphatic rings. The molecule has 146 valence electrons. The maximum atomic E-state index is 14.3. The standard InChI is InChI=1S/C20H27FN4O2/c1-14(24-20(27)9-6-10-23-15(2)26)25-13-16(12-22-3)11-19(25)17-7-4-5-8-18(17)21/h4-5,7-8,11,13-14,22H,6,9-10,12H2,1-3H3,(H,23,26)(H,24,27). The van der Waals surface area contributed by atoms with Crippen molar-refractivity contribution >= 4 is 11.8 Å². The molecule has 2 rings (SSSR count). The van der Waals surface area contributed by atoms with E-state index >= 15 is 0 Å². The molecular formula is C20H27FN4O2. The summed E-state index contributed by atoms with van der Waals surface area (Å²) in [6.45, 7) is 4.42. The average Bonchev–Trinajstić information content (AvgIpc) is 3.03. The highest BCUT2D eigenvalue weighted by Crippen LogP contribution is 2.27. The molecule has 1 aromatic heterocycles. The van der Waals surface area contributed by atoms with E-state index in [1.807, 2.05) is 30.8 Å². The van der Waals surface area contributed by atoms with Crippen molar-refractivity contribution in [3.63, 3.8) is 0 Å². The van der Waals surface area contributed by atoms with Gasteiger partial charge in [-0.3, -0.25) is 9.59 Å². The Morgan fingerprint density at radius 3 is 2.67 bits per heavy atom. The van der Waals surface area contributed by atoms with Crippen LogP contribution in [0.2, 0.25) is 0 Å². The van der Waals surface area contributed by atoms with Gasteiger partial charge in [-0.05, 0) is 44.2 Å². The zero-order valence-corrected chi connectivity index (χ0v) is 16.0. The summed E-state index contributed by atoms with van der Waals surface area (Å²) < 4.78 is 16.2. The van der Waals surface area contributed by atoms with Crippen LogP contribution in [-0.2, 0) is 16.1 Å². The monoisotopic (exact) mass is 374 g/mol. The predicted octanol–water partition coefficient (Wildman–Crippen LogP) is 2.56. The van der Waals surface area contributed by atoms with Crippen LogP contribution in [0.25, 0.3) is 11.3 Å². The van der Waals surface area contributed by atoms with Gasteiger partial charge < -0.3 is 20.5 Å². The number of rotatable bonds is 9. The lowest BCUT2D eigenvalue weighted by molar-refractivity contribution is -0.123. The maximum absolute atomic E-state index is 14.3. The number of amides is 2. The molecule has 2 amide bonds. The fraction of sp³-hybridized carbons (Fsp3) is 0.400. The topological polar surface area (TPSA) is 75.2 Å². The lowest BCUT2D eigenvalue weighted by Crippen LogP contribution is -2.31. The minimum atomic E-state index is -0.335. The number of hydrogen-bond acceptors (Lipinski definition) is 3. The Hall–Kier alpha value is -2.67. The first-order valence-electron chi connectivity index (χ1n) is 9.06. The lowest BCUT2D eigenvalue weighted by Gasteiger charge is -2.19. The van der Waals surface area contributed by atoms with E-state index in [9.17, 15) is 14.0 Å². The molecule has 2 aromatic rings. The maximum Gasteiger partial charge on any atom is 0.221 e. The first-order chi connectivity index (χ1) is 12.9. The molecular weight excluding hydrogens is 347 g/mol. The molecule has 3 N–H and O–H groups in total. The summed E-state index contributed by atoms with van der Waals surface area (Å²) in [5, 5.41) is 8.69. The van der Waals surface area contributed by atoms with Crippen LogP contribution in [0.1, 0.15) is 38.4 Å². The first kappa shape index (κ1) is 20.6. The van der Waals surface area contributed by atoms with Gasteiger partial charge in [0.25, 0.3) is 0 Å². The van der Waals surface area contributed by atoms with E-state index in [-0.39, 0.29) is 23.8 Å². The summed E-state index contributed by atoms with van der Waals surface area (Å²) in [6, 6.07) is 8.52. The molecule has 27 heavy (non-hydrogen) atoms. The SMILES string of the molecule is CNCc1cc(-c2ccccc2F)n(C(C)NC(=O)CCCNC(C)=O)c1. The van der Waals surface area contributed by atoms with Gasteiger partial charge in [0.05, 0.1) is 5.69 Å². The van der Waals surface area contributed by atoms with Gasteiger partial charge in [-0.1, -0.05) is 12.1 Å². The fourth-order valence-corrected chi connectivity index (χ4v) is 2.93. The Labute approximate surface area is 159 Å². The van der Waals surface area contributed by atoms with Gasteiger partial charge in [0, 0.05) is 38.2 Å². The van der Waals surface area contributed by atoms with Gasteiger partial charge in [0.1, 0.15) is 12.0 Å². The summed E-state index contributed by atoms with van der Waals surface area (Å²) in [6.07, 6.45) is 2.46. The van der Waals surface area contributed by atoms with Gasteiger partial charge >= 0.3 is 0 Å². The Morgan fingerprint density at radius 2 is 2.00 bits per heavy atom. The summed E-state index contributed by atoms with van der Waals surface area (Å²) in [5.74, 6) is -0.527. The van der Waals surface area contributed by atoms with Crippen LogP contribution >= 0.6 is 0 Å². The average molecular weight is 374 g/mol. The third kappa shape index (κ3) is 5.92. The number of benzene rings is 1. The normalized spacial score (nSPS) is 11.9. The molecule has 0 fully saturated rings. The van der Waals surface area contributed by atoms with Crippen molar-refractivity contribution in [1.82, 2.24) is 20.5 Å². The van der Waals surface area contributed by atoms with Crippen LogP contribution in [-0.4, -0.2) is 30.0 Å². The van der Waals surface area contributed by atoms with Crippen molar-refractivity contribution < 1.29 is 14.0 Å². The van der Waals surface area contributed by atoms with Crippen molar-refractivity contribution in [2.24, 2.45) is 0 Å². The molecule has 0 bridgehead atoms. The Balaban J connectivity index is 2.12. The van der Waals surface area contributed by atoms with Gasteiger partial charge in [0.2, 0.25) is 11.8 Å². The van der Waals surface area contributed by atoms with Crippen LogP contribution in [0.4, 0.5) is 4.39 Å². The molecule has 6 nitrogen and oxygen atoms in total. The van der Waals surface area contributed by atoms with Crippen molar-refractivity contribution in [3.05, 3.63) is 47.9 Å². The van der Waals surface area contributed by atoms with Crippen LogP contribution in [0.15, 0.2) is 36.5 Å². The highest BCUT2D eigenvalue weighted by atomic mass is 19.1. The second kappa shape index (κ2) is 9.87. The summed E-state index contributed by atoms with van der Waals surface area (Å²) in [5.41, 5.74) is 2.21. The fourth-order valence-electron chi connectivity index (χ4n) is 2.93. The van der Waals surface area contributed by atoms with Gasteiger partial charge in [-0.25, -0.2) is 4.39 Å². The van der Waals surface area contributed by atoms with Crippen LogP contribution in [0, 0.1) is 5.82 Å². The molecule has 0 saturated carbocycles. The Kier molecular flexibility index (Phi) is 7.55. The van der Waals surface area contributed by atoms with E-state index in [0.717, 1.165) is 5.56 Å². The summed E-state index contributed by atoms with van der Waals surface area (Å²) in [4.78, 5) is 23.1. The third-order valence-corrected chi connectivity index (χ3v) is 4.18. The number of halogens is 1. The van der Waals surface area contributed by atoms with Gasteiger partial charge in [0.15, 0.2) is 0 Å². The first-order valence-corrected chi connectivity index (χ1v) is 9.06. The molecule has 1 aromatic carbocycles. The molecule has 1 atom stereocenters. The van der Waals surface area contributed by atoms with E-state index < -0.39 is 0 Å². The van der Waals surface area contributed by atoms with Crippen LogP contribution in [0.3, 0.4) is 0 Å². The number of carbonyl (C=O) groups excluding carboxylic acids is 2. The summed E-state index contributed by atoms with van der Waals surface area (Å²) >= 11 is 0. The third-order valence-electron chi connectivity index (χ3n) is 4.18. The Bertz CT molecular complexity index is 788. The van der Waals surface area contributed by atoms with Crippen molar-refractivity contribution in [3.8, 4) is 11.3 Å². The number of carbonyl (C=O) groups is 2. The van der Waals surface area contributed by atoms with Crippen LogP contribution in [0.5, 0.6) is 0 Å². The molecule has 7 heteroatoms. The van der Waals surface area contributed by atoms with E-state index in [1.54, 1.807) is 18.2 Å². The van der Waals surface area contributed by atoms with Crippen molar-refractivity contribution in [1.29, 1.82) is 0 Å². The second-order valence-corrected chi connectivity index (χ2v) is 6.48. The zero-order valence-electron chi connectivity index (χ0n) is 16.0. The molecule has 0 saturated heterocycles. The Morgan fingerprint density at radius 1 is 1.26 bits per heavy atom. The quantitative estimate of drug-likeness (QED) is 0.591. The van der Waals surface area contributed by atoms with E-state index in [1.165, 1.54) is 13.0 Å². The summed E-state index contributed by atoms with van der Waals surface area (Å²) in [7, 11) is 1.85. The number of nitrogens with zero attached hydrogens (tertiary/aromatic N) is 1. The zero-order chi connectivity index (χ0) is 19.8. The van der Waals surface area contributed by atoms with Gasteiger partial charge in [-0.2, -0.15) is 0 Å². The number of hydrogen-bond donors (Lipinski definition) is 3. The molecule has 0 aliphatic heterocycles. The minimum absolute atomic E-state index is 0.109. The van der Waals surface area contributed by atoms with E-state index in [0.29, 0.717) is 37.2 Å². The predicted molar refractivity (Wildman–Crippen MR) is 103 cm³/mol. The molecule has 1 unspecified atom stereocenters.